The van der Waals surface area contributed by atoms with Crippen molar-refractivity contribution in [1.29, 1.82) is 0 Å². The summed E-state index contributed by atoms with van der Waals surface area (Å²) in [6, 6.07) is 12.7. The number of hydrogen-bond acceptors (Lipinski definition) is 4. The zero-order chi connectivity index (χ0) is 20.5. The second-order valence-electron chi connectivity index (χ2n) is 7.10. The van der Waals surface area contributed by atoms with Crippen LogP contribution in [0, 0.1) is 13.8 Å². The normalized spacial score (nSPS) is 13.1. The molecule has 28 heavy (non-hydrogen) atoms. The number of nitrogens with one attached hydrogen (secondary N) is 1. The Morgan fingerprint density at radius 1 is 1.18 bits per heavy atom. The van der Waals surface area contributed by atoms with Crippen LogP contribution in [0.15, 0.2) is 46.9 Å². The van der Waals surface area contributed by atoms with Crippen LogP contribution in [-0.2, 0) is 10.3 Å². The number of methoxy groups -OCH3 is 1. The lowest BCUT2D eigenvalue weighted by molar-refractivity contribution is -0.138. The summed E-state index contributed by atoms with van der Waals surface area (Å²) in [5.41, 5.74) is 1.80. The smallest absolute Gasteiger partial charge is 0.306 e. The highest BCUT2D eigenvalue weighted by molar-refractivity contribution is 6.00. The van der Waals surface area contributed by atoms with E-state index in [4.69, 9.17) is 9.15 Å². The van der Waals surface area contributed by atoms with Gasteiger partial charge in [0.1, 0.15) is 11.3 Å². The van der Waals surface area contributed by atoms with Gasteiger partial charge < -0.3 is 19.6 Å². The zero-order valence-electron chi connectivity index (χ0n) is 16.3. The third-order valence-electron chi connectivity index (χ3n) is 4.97. The van der Waals surface area contributed by atoms with E-state index in [1.807, 2.05) is 32.0 Å². The summed E-state index contributed by atoms with van der Waals surface area (Å²) in [6.45, 7) is 5.41. The van der Waals surface area contributed by atoms with Crippen LogP contribution in [0.5, 0.6) is 5.75 Å². The summed E-state index contributed by atoms with van der Waals surface area (Å²) < 4.78 is 11.1. The molecule has 0 aliphatic heterocycles. The molecule has 2 aromatic carbocycles. The number of para-hydroxylation sites is 1. The Labute approximate surface area is 163 Å². The molecule has 0 saturated carbocycles. The van der Waals surface area contributed by atoms with E-state index in [0.29, 0.717) is 16.9 Å². The number of aliphatic carboxylic acids is 1. The summed E-state index contributed by atoms with van der Waals surface area (Å²) in [6.07, 6.45) is -0.287. The van der Waals surface area contributed by atoms with Crippen molar-refractivity contribution in [2.24, 2.45) is 0 Å². The fraction of sp³-hybridized carbons (Fsp3) is 0.273. The molecule has 0 radical (unpaired) electrons. The molecular weight excluding hydrogens is 358 g/mol. The summed E-state index contributed by atoms with van der Waals surface area (Å²) in [7, 11) is 1.53. The standard InChI is InChI=1S/C22H23NO5/c1-13-7-5-10-17-14(2)20(28-19(13)17)21(26)23-22(3,12-18(24)25)15-8-6-9-16(11-15)27-4/h5-11H,12H2,1-4H3,(H,23,26)(H,24,25). The summed E-state index contributed by atoms with van der Waals surface area (Å²) in [5.74, 6) is -0.717. The van der Waals surface area contributed by atoms with Crippen LogP contribution in [0.4, 0.5) is 0 Å². The number of benzene rings is 2. The fourth-order valence-electron chi connectivity index (χ4n) is 3.40. The maximum atomic E-state index is 13.0. The van der Waals surface area contributed by atoms with Gasteiger partial charge in [0.2, 0.25) is 0 Å². The van der Waals surface area contributed by atoms with Crippen molar-refractivity contribution in [3.63, 3.8) is 0 Å². The number of fused-ring (bicyclic) bond motifs is 1. The average Bonchev–Trinajstić information content (AvgIpc) is 2.99. The van der Waals surface area contributed by atoms with Crippen molar-refractivity contribution in [2.75, 3.05) is 7.11 Å². The molecule has 1 aromatic heterocycles. The lowest BCUT2D eigenvalue weighted by atomic mass is 9.88. The first-order chi connectivity index (χ1) is 13.2. The Bertz CT molecular complexity index is 1050. The van der Waals surface area contributed by atoms with Gasteiger partial charge in [-0.3, -0.25) is 9.59 Å². The van der Waals surface area contributed by atoms with Crippen LogP contribution in [-0.4, -0.2) is 24.1 Å². The summed E-state index contributed by atoms with van der Waals surface area (Å²) >= 11 is 0. The van der Waals surface area contributed by atoms with Crippen LogP contribution in [0.25, 0.3) is 11.0 Å². The molecule has 1 amide bonds. The van der Waals surface area contributed by atoms with E-state index in [9.17, 15) is 14.7 Å². The highest BCUT2D eigenvalue weighted by Crippen LogP contribution is 2.31. The van der Waals surface area contributed by atoms with Gasteiger partial charge in [0, 0.05) is 10.9 Å². The number of rotatable bonds is 6. The number of carboxylic acids is 1. The van der Waals surface area contributed by atoms with Crippen molar-refractivity contribution in [2.45, 2.75) is 32.7 Å². The van der Waals surface area contributed by atoms with E-state index in [2.05, 4.69) is 5.32 Å². The minimum absolute atomic E-state index is 0.184. The lowest BCUT2D eigenvalue weighted by Gasteiger charge is -2.30. The number of carbonyl (C=O) groups excluding carboxylic acids is 1. The Morgan fingerprint density at radius 3 is 2.54 bits per heavy atom. The second kappa shape index (κ2) is 7.38. The van der Waals surface area contributed by atoms with E-state index >= 15 is 0 Å². The molecule has 6 nitrogen and oxygen atoms in total. The second-order valence-corrected chi connectivity index (χ2v) is 7.10. The van der Waals surface area contributed by atoms with Crippen molar-refractivity contribution < 1.29 is 23.8 Å². The Balaban J connectivity index is 2.01. The van der Waals surface area contributed by atoms with E-state index in [1.54, 1.807) is 31.2 Å². The third kappa shape index (κ3) is 3.58. The van der Waals surface area contributed by atoms with Gasteiger partial charge in [-0.05, 0) is 44.0 Å². The van der Waals surface area contributed by atoms with Gasteiger partial charge in [-0.15, -0.1) is 0 Å². The zero-order valence-corrected chi connectivity index (χ0v) is 16.3. The fourth-order valence-corrected chi connectivity index (χ4v) is 3.40. The van der Waals surface area contributed by atoms with Crippen LogP contribution in [0.3, 0.4) is 0 Å². The summed E-state index contributed by atoms with van der Waals surface area (Å²) in [4.78, 5) is 24.5. The van der Waals surface area contributed by atoms with E-state index in [-0.39, 0.29) is 12.2 Å². The van der Waals surface area contributed by atoms with Gasteiger partial charge in [-0.25, -0.2) is 0 Å². The molecule has 0 aliphatic rings. The minimum Gasteiger partial charge on any atom is -0.497 e. The first-order valence-electron chi connectivity index (χ1n) is 8.92. The number of ether oxygens (including phenoxy) is 1. The molecule has 1 atom stereocenters. The van der Waals surface area contributed by atoms with Crippen LogP contribution >= 0.6 is 0 Å². The van der Waals surface area contributed by atoms with Gasteiger partial charge in [-0.1, -0.05) is 30.3 Å². The summed E-state index contributed by atoms with van der Waals surface area (Å²) in [5, 5.41) is 13.1. The average molecular weight is 381 g/mol. The number of carboxylic acid groups (broad SMARTS) is 1. The molecule has 0 bridgehead atoms. The molecule has 1 heterocycles. The highest BCUT2D eigenvalue weighted by atomic mass is 16.5. The lowest BCUT2D eigenvalue weighted by Crippen LogP contribution is -2.45. The van der Waals surface area contributed by atoms with Gasteiger partial charge >= 0.3 is 5.97 Å². The largest absolute Gasteiger partial charge is 0.497 e. The molecule has 3 rings (SSSR count). The van der Waals surface area contributed by atoms with E-state index in [0.717, 1.165) is 16.5 Å². The van der Waals surface area contributed by atoms with Gasteiger partial charge in [0.05, 0.1) is 19.1 Å². The van der Waals surface area contributed by atoms with E-state index in [1.165, 1.54) is 7.11 Å². The van der Waals surface area contributed by atoms with E-state index < -0.39 is 17.4 Å². The van der Waals surface area contributed by atoms with Crippen molar-refractivity contribution >= 4 is 22.8 Å². The van der Waals surface area contributed by atoms with Gasteiger partial charge in [0.25, 0.3) is 5.91 Å². The quantitative estimate of drug-likeness (QED) is 0.669. The van der Waals surface area contributed by atoms with Gasteiger partial charge in [0.15, 0.2) is 5.76 Å². The van der Waals surface area contributed by atoms with Crippen molar-refractivity contribution in [3.05, 3.63) is 64.9 Å². The molecule has 1 unspecified atom stereocenters. The highest BCUT2D eigenvalue weighted by Gasteiger charge is 2.34. The predicted octanol–water partition coefficient (Wildman–Crippen LogP) is 4.18. The van der Waals surface area contributed by atoms with Crippen LogP contribution < -0.4 is 10.1 Å². The first-order valence-corrected chi connectivity index (χ1v) is 8.92. The maximum absolute atomic E-state index is 13.0. The molecule has 0 fully saturated rings. The number of amides is 1. The molecule has 2 N–H and O–H groups in total. The van der Waals surface area contributed by atoms with Gasteiger partial charge in [-0.2, -0.15) is 0 Å². The number of hydrogen-bond donors (Lipinski definition) is 2. The molecule has 0 saturated heterocycles. The Kier molecular flexibility index (Phi) is 5.14. The molecule has 6 heteroatoms. The first kappa shape index (κ1) is 19.5. The molecule has 3 aromatic rings. The molecular formula is C22H23NO5. The van der Waals surface area contributed by atoms with Crippen LogP contribution in [0.2, 0.25) is 0 Å². The topological polar surface area (TPSA) is 88.8 Å². The Hall–Kier alpha value is -3.28. The minimum atomic E-state index is -1.14. The molecule has 0 spiro atoms. The SMILES string of the molecule is COc1cccc(C(C)(CC(=O)O)NC(=O)c2oc3c(C)cccc3c2C)c1. The van der Waals surface area contributed by atoms with Crippen molar-refractivity contribution in [1.82, 2.24) is 5.32 Å². The number of furan rings is 1. The molecule has 146 valence electrons. The number of carbonyl (C=O) groups is 2. The Morgan fingerprint density at radius 2 is 1.89 bits per heavy atom. The predicted molar refractivity (Wildman–Crippen MR) is 106 cm³/mol. The third-order valence-corrected chi connectivity index (χ3v) is 4.97. The van der Waals surface area contributed by atoms with Crippen molar-refractivity contribution in [3.8, 4) is 5.75 Å². The van der Waals surface area contributed by atoms with Crippen LogP contribution in [0.1, 0.15) is 40.6 Å². The molecule has 0 aliphatic carbocycles. The number of aryl methyl sites for hydroxylation is 2. The maximum Gasteiger partial charge on any atom is 0.306 e. The monoisotopic (exact) mass is 381 g/mol.